The van der Waals surface area contributed by atoms with Crippen molar-refractivity contribution in [3.05, 3.63) is 18.2 Å². The fourth-order valence-corrected chi connectivity index (χ4v) is 2.13. The van der Waals surface area contributed by atoms with Crippen molar-refractivity contribution in [3.63, 3.8) is 0 Å². The van der Waals surface area contributed by atoms with Crippen molar-refractivity contribution in [1.82, 2.24) is 14.5 Å². The Morgan fingerprint density at radius 1 is 1.53 bits per heavy atom. The highest BCUT2D eigenvalue weighted by Gasteiger charge is 2.31. The van der Waals surface area contributed by atoms with Gasteiger partial charge >= 0.3 is 0 Å². The van der Waals surface area contributed by atoms with Crippen LogP contribution in [0.25, 0.3) is 0 Å². The van der Waals surface area contributed by atoms with Crippen molar-refractivity contribution < 1.29 is 0 Å². The van der Waals surface area contributed by atoms with Crippen LogP contribution in [-0.4, -0.2) is 33.1 Å². The predicted molar refractivity (Wildman–Crippen MR) is 60.4 cm³/mol. The zero-order chi connectivity index (χ0) is 10.9. The van der Waals surface area contributed by atoms with Crippen LogP contribution in [0.4, 0.5) is 0 Å². The SMILES string of the molecule is CCC(C)(CN)N1CCn2ccnc2C1. The normalized spacial score (nSPS) is 21.0. The summed E-state index contributed by atoms with van der Waals surface area (Å²) < 4.78 is 2.23. The molecule has 1 aromatic heterocycles. The van der Waals surface area contributed by atoms with E-state index in [-0.39, 0.29) is 5.54 Å². The number of nitrogens with two attached hydrogens (primary N) is 1. The first-order valence-corrected chi connectivity index (χ1v) is 5.65. The molecule has 0 spiro atoms. The molecule has 0 radical (unpaired) electrons. The summed E-state index contributed by atoms with van der Waals surface area (Å²) in [4.78, 5) is 6.82. The summed E-state index contributed by atoms with van der Waals surface area (Å²) >= 11 is 0. The van der Waals surface area contributed by atoms with Crippen LogP contribution in [0.1, 0.15) is 26.1 Å². The lowest BCUT2D eigenvalue weighted by molar-refractivity contribution is 0.0740. The Hall–Kier alpha value is -0.870. The summed E-state index contributed by atoms with van der Waals surface area (Å²) in [5, 5.41) is 0. The van der Waals surface area contributed by atoms with E-state index in [1.54, 1.807) is 0 Å². The molecule has 0 fully saturated rings. The number of aromatic nitrogens is 2. The quantitative estimate of drug-likeness (QED) is 0.800. The van der Waals surface area contributed by atoms with Gasteiger partial charge in [0.1, 0.15) is 5.82 Å². The second-order valence-electron chi connectivity index (χ2n) is 4.51. The molecule has 0 saturated heterocycles. The van der Waals surface area contributed by atoms with Crippen LogP contribution in [0, 0.1) is 0 Å². The van der Waals surface area contributed by atoms with Crippen molar-refractivity contribution in [1.29, 1.82) is 0 Å². The highest BCUT2D eigenvalue weighted by molar-refractivity contribution is 4.99. The molecule has 4 heteroatoms. The van der Waals surface area contributed by atoms with Crippen LogP contribution in [0.15, 0.2) is 12.4 Å². The van der Waals surface area contributed by atoms with E-state index in [1.807, 2.05) is 6.20 Å². The van der Waals surface area contributed by atoms with E-state index in [4.69, 9.17) is 5.73 Å². The van der Waals surface area contributed by atoms with Crippen molar-refractivity contribution in [2.45, 2.75) is 38.9 Å². The van der Waals surface area contributed by atoms with Crippen LogP contribution >= 0.6 is 0 Å². The number of nitrogens with zero attached hydrogens (tertiary/aromatic N) is 3. The van der Waals surface area contributed by atoms with Crippen LogP contribution in [0.3, 0.4) is 0 Å². The standard InChI is InChI=1S/C11H20N4/c1-3-11(2,9-12)15-7-6-14-5-4-13-10(14)8-15/h4-5H,3,6-9,12H2,1-2H3. The van der Waals surface area contributed by atoms with Gasteiger partial charge in [-0.25, -0.2) is 4.98 Å². The smallest absolute Gasteiger partial charge is 0.122 e. The molecule has 1 aliphatic heterocycles. The Morgan fingerprint density at radius 2 is 2.33 bits per heavy atom. The van der Waals surface area contributed by atoms with E-state index in [0.29, 0.717) is 6.54 Å². The van der Waals surface area contributed by atoms with Crippen LogP contribution in [-0.2, 0) is 13.1 Å². The first-order valence-electron chi connectivity index (χ1n) is 5.65. The summed E-state index contributed by atoms with van der Waals surface area (Å²) in [6.07, 6.45) is 5.02. The zero-order valence-electron chi connectivity index (χ0n) is 9.61. The molecule has 84 valence electrons. The van der Waals surface area contributed by atoms with Crippen LogP contribution < -0.4 is 5.73 Å². The maximum absolute atomic E-state index is 5.87. The Bertz CT molecular complexity index is 327. The monoisotopic (exact) mass is 208 g/mol. The molecule has 2 rings (SSSR count). The highest BCUT2D eigenvalue weighted by Crippen LogP contribution is 2.23. The minimum absolute atomic E-state index is 0.122. The molecule has 15 heavy (non-hydrogen) atoms. The lowest BCUT2D eigenvalue weighted by Gasteiger charge is -2.42. The van der Waals surface area contributed by atoms with E-state index in [9.17, 15) is 0 Å². The van der Waals surface area contributed by atoms with Gasteiger partial charge in [-0.15, -0.1) is 0 Å². The van der Waals surface area contributed by atoms with Gasteiger partial charge in [0.2, 0.25) is 0 Å². The zero-order valence-corrected chi connectivity index (χ0v) is 9.61. The summed E-state index contributed by atoms with van der Waals surface area (Å²) in [5.41, 5.74) is 6.00. The topological polar surface area (TPSA) is 47.1 Å². The first kappa shape index (κ1) is 10.6. The third-order valence-corrected chi connectivity index (χ3v) is 3.71. The van der Waals surface area contributed by atoms with Crippen molar-refractivity contribution in [3.8, 4) is 0 Å². The molecule has 1 atom stereocenters. The van der Waals surface area contributed by atoms with Gasteiger partial charge in [-0.3, -0.25) is 4.90 Å². The number of fused-ring (bicyclic) bond motifs is 1. The third-order valence-electron chi connectivity index (χ3n) is 3.71. The van der Waals surface area contributed by atoms with E-state index in [1.165, 1.54) is 0 Å². The average molecular weight is 208 g/mol. The van der Waals surface area contributed by atoms with Crippen LogP contribution in [0.2, 0.25) is 0 Å². The van der Waals surface area contributed by atoms with Gasteiger partial charge in [-0.2, -0.15) is 0 Å². The van der Waals surface area contributed by atoms with Gasteiger partial charge < -0.3 is 10.3 Å². The molecule has 4 nitrogen and oxygen atoms in total. The Morgan fingerprint density at radius 3 is 3.00 bits per heavy atom. The molecule has 0 saturated carbocycles. The molecule has 0 bridgehead atoms. The van der Waals surface area contributed by atoms with Gasteiger partial charge in [-0.1, -0.05) is 6.92 Å². The van der Waals surface area contributed by atoms with Crippen molar-refractivity contribution in [2.75, 3.05) is 13.1 Å². The Balaban J connectivity index is 2.15. The number of hydrogen-bond donors (Lipinski definition) is 1. The summed E-state index contributed by atoms with van der Waals surface area (Å²) in [6.45, 7) is 8.19. The van der Waals surface area contributed by atoms with Gasteiger partial charge in [0.15, 0.2) is 0 Å². The lowest BCUT2D eigenvalue weighted by Crippen LogP contribution is -2.53. The molecule has 1 unspecified atom stereocenters. The maximum Gasteiger partial charge on any atom is 0.122 e. The highest BCUT2D eigenvalue weighted by atomic mass is 15.3. The predicted octanol–water partition coefficient (Wildman–Crippen LogP) is 0.826. The Labute approximate surface area is 91.1 Å². The number of hydrogen-bond acceptors (Lipinski definition) is 3. The van der Waals surface area contributed by atoms with Gasteiger partial charge in [0, 0.05) is 37.6 Å². The molecule has 2 N–H and O–H groups in total. The van der Waals surface area contributed by atoms with E-state index in [2.05, 4.69) is 34.5 Å². The fourth-order valence-electron chi connectivity index (χ4n) is 2.13. The summed E-state index contributed by atoms with van der Waals surface area (Å²) in [5.74, 6) is 1.16. The Kier molecular flexibility index (Phi) is 2.80. The average Bonchev–Trinajstić information content (AvgIpc) is 2.74. The molecule has 0 aromatic carbocycles. The second-order valence-corrected chi connectivity index (χ2v) is 4.51. The fraction of sp³-hybridized carbons (Fsp3) is 0.727. The van der Waals surface area contributed by atoms with Crippen molar-refractivity contribution >= 4 is 0 Å². The minimum Gasteiger partial charge on any atom is -0.333 e. The molecule has 0 amide bonds. The van der Waals surface area contributed by atoms with E-state index < -0.39 is 0 Å². The van der Waals surface area contributed by atoms with E-state index in [0.717, 1.165) is 31.9 Å². The van der Waals surface area contributed by atoms with E-state index >= 15 is 0 Å². The molecular weight excluding hydrogens is 188 g/mol. The number of rotatable bonds is 3. The first-order chi connectivity index (χ1) is 7.19. The molecule has 2 heterocycles. The molecule has 0 aliphatic carbocycles. The van der Waals surface area contributed by atoms with Gasteiger partial charge in [0.05, 0.1) is 6.54 Å². The minimum atomic E-state index is 0.122. The molecule has 1 aromatic rings. The van der Waals surface area contributed by atoms with Gasteiger partial charge in [-0.05, 0) is 13.3 Å². The van der Waals surface area contributed by atoms with Crippen molar-refractivity contribution in [2.24, 2.45) is 5.73 Å². The maximum atomic E-state index is 5.87. The lowest BCUT2D eigenvalue weighted by atomic mass is 9.96. The second kappa shape index (κ2) is 3.94. The molecule has 1 aliphatic rings. The van der Waals surface area contributed by atoms with Gasteiger partial charge in [0.25, 0.3) is 0 Å². The van der Waals surface area contributed by atoms with Crippen LogP contribution in [0.5, 0.6) is 0 Å². The molecular formula is C11H20N4. The summed E-state index contributed by atoms with van der Waals surface area (Å²) in [6, 6.07) is 0. The third kappa shape index (κ3) is 1.79. The summed E-state index contributed by atoms with van der Waals surface area (Å²) in [7, 11) is 0. The largest absolute Gasteiger partial charge is 0.333 e. The number of imidazole rings is 1.